The van der Waals surface area contributed by atoms with E-state index in [-0.39, 0.29) is 30.9 Å². The third kappa shape index (κ3) is 5.10. The van der Waals surface area contributed by atoms with Gasteiger partial charge in [-0.2, -0.15) is 0 Å². The van der Waals surface area contributed by atoms with Crippen molar-refractivity contribution in [2.75, 3.05) is 17.2 Å². The van der Waals surface area contributed by atoms with E-state index in [2.05, 4.69) is 22.5 Å². The minimum Gasteiger partial charge on any atom is -0.350 e. The molecule has 4 rings (SSSR count). The van der Waals surface area contributed by atoms with E-state index >= 15 is 0 Å². The molecule has 0 saturated carbocycles. The number of amides is 4. The molecule has 1 aliphatic rings. The van der Waals surface area contributed by atoms with Crippen LogP contribution in [0.3, 0.4) is 0 Å². The lowest BCUT2D eigenvalue weighted by molar-refractivity contribution is -0.121. The summed E-state index contributed by atoms with van der Waals surface area (Å²) in [6.45, 7) is 6.06. The lowest BCUT2D eigenvalue weighted by Gasteiger charge is -2.17. The molecule has 1 heterocycles. The second kappa shape index (κ2) is 9.40. The zero-order chi connectivity index (χ0) is 23.4. The van der Waals surface area contributed by atoms with Crippen LogP contribution in [-0.4, -0.2) is 29.3 Å². The van der Waals surface area contributed by atoms with E-state index in [1.54, 1.807) is 30.3 Å². The fraction of sp³-hybridized carbons (Fsp3) is 0.115. The number of aryl methyl sites for hydroxylation is 1. The highest BCUT2D eigenvalue weighted by Crippen LogP contribution is 2.30. The van der Waals surface area contributed by atoms with E-state index in [1.165, 1.54) is 4.90 Å². The standard InChI is InChI=1S/C26H24N4O3/c1-17-7-5-9-20(13-17)28-26(33)29-21-10-6-8-19(14-21)15-27-24(31)16-30-18(2)22-11-3-4-12-23(22)25(30)32/h3-14H,2,15-16H2,1H3,(H,27,31)(H2,28,29,33). The first-order valence-corrected chi connectivity index (χ1v) is 10.5. The lowest BCUT2D eigenvalue weighted by atomic mass is 10.1. The minimum atomic E-state index is -0.354. The third-order valence-corrected chi connectivity index (χ3v) is 5.29. The van der Waals surface area contributed by atoms with Gasteiger partial charge in [0, 0.05) is 34.7 Å². The molecule has 3 aromatic carbocycles. The van der Waals surface area contributed by atoms with Gasteiger partial charge in [0.1, 0.15) is 6.54 Å². The van der Waals surface area contributed by atoms with Crippen molar-refractivity contribution in [2.45, 2.75) is 13.5 Å². The number of benzene rings is 3. The van der Waals surface area contributed by atoms with Crippen LogP contribution in [0.15, 0.2) is 79.4 Å². The van der Waals surface area contributed by atoms with Gasteiger partial charge >= 0.3 is 6.03 Å². The highest BCUT2D eigenvalue weighted by atomic mass is 16.2. The molecule has 33 heavy (non-hydrogen) atoms. The molecule has 0 unspecified atom stereocenters. The van der Waals surface area contributed by atoms with Gasteiger partial charge in [0.05, 0.1) is 0 Å². The van der Waals surface area contributed by atoms with Crippen LogP contribution in [0.5, 0.6) is 0 Å². The molecule has 3 N–H and O–H groups in total. The predicted molar refractivity (Wildman–Crippen MR) is 129 cm³/mol. The van der Waals surface area contributed by atoms with Crippen molar-refractivity contribution >= 4 is 34.9 Å². The number of carbonyl (C=O) groups is 3. The average Bonchev–Trinajstić information content (AvgIpc) is 3.03. The van der Waals surface area contributed by atoms with Crippen molar-refractivity contribution in [3.8, 4) is 0 Å². The molecule has 3 aromatic rings. The summed E-state index contributed by atoms with van der Waals surface area (Å²) in [6.07, 6.45) is 0. The van der Waals surface area contributed by atoms with Crippen LogP contribution in [0.25, 0.3) is 5.70 Å². The quantitative estimate of drug-likeness (QED) is 0.531. The SMILES string of the molecule is C=C1c2ccccc2C(=O)N1CC(=O)NCc1cccc(NC(=O)Nc2cccc(C)c2)c1. The highest BCUT2D eigenvalue weighted by molar-refractivity contribution is 6.10. The molecule has 0 aliphatic carbocycles. The van der Waals surface area contributed by atoms with Gasteiger partial charge in [0.15, 0.2) is 0 Å². The van der Waals surface area contributed by atoms with Gasteiger partial charge in [-0.15, -0.1) is 0 Å². The van der Waals surface area contributed by atoms with E-state index in [0.717, 1.165) is 16.7 Å². The number of hydrogen-bond acceptors (Lipinski definition) is 3. The molecular weight excluding hydrogens is 416 g/mol. The summed E-state index contributed by atoms with van der Waals surface area (Å²) in [5.74, 6) is -0.524. The maximum atomic E-state index is 12.6. The molecule has 7 heteroatoms. The third-order valence-electron chi connectivity index (χ3n) is 5.29. The number of anilines is 2. The Morgan fingerprint density at radius 3 is 2.24 bits per heavy atom. The summed E-state index contributed by atoms with van der Waals surface area (Å²) in [5, 5.41) is 8.40. The average molecular weight is 441 g/mol. The van der Waals surface area contributed by atoms with Crippen molar-refractivity contribution in [3.63, 3.8) is 0 Å². The maximum absolute atomic E-state index is 12.6. The second-order valence-corrected chi connectivity index (χ2v) is 7.81. The Labute approximate surface area is 192 Å². The minimum absolute atomic E-state index is 0.108. The number of hydrogen-bond donors (Lipinski definition) is 3. The van der Waals surface area contributed by atoms with Gasteiger partial charge in [-0.1, -0.05) is 49.0 Å². The molecule has 0 atom stereocenters. The largest absolute Gasteiger partial charge is 0.350 e. The molecule has 0 saturated heterocycles. The summed E-state index contributed by atoms with van der Waals surface area (Å²) >= 11 is 0. The Balaban J connectivity index is 1.31. The maximum Gasteiger partial charge on any atom is 0.323 e. The van der Waals surface area contributed by atoms with E-state index in [9.17, 15) is 14.4 Å². The number of nitrogens with one attached hydrogen (secondary N) is 3. The van der Waals surface area contributed by atoms with Crippen LogP contribution >= 0.6 is 0 Å². The van der Waals surface area contributed by atoms with Crippen molar-refractivity contribution in [1.29, 1.82) is 0 Å². The number of urea groups is 1. The van der Waals surface area contributed by atoms with Crippen molar-refractivity contribution < 1.29 is 14.4 Å². The Morgan fingerprint density at radius 1 is 0.879 bits per heavy atom. The predicted octanol–water partition coefficient (Wildman–Crippen LogP) is 4.38. The van der Waals surface area contributed by atoms with Crippen molar-refractivity contribution in [1.82, 2.24) is 10.2 Å². The van der Waals surface area contributed by atoms with Gasteiger partial charge in [0.2, 0.25) is 5.91 Å². The van der Waals surface area contributed by atoms with Crippen LogP contribution in [0.2, 0.25) is 0 Å². The van der Waals surface area contributed by atoms with Crippen LogP contribution in [0.1, 0.15) is 27.0 Å². The summed E-state index contributed by atoms with van der Waals surface area (Å²) in [4.78, 5) is 38.7. The first kappa shape index (κ1) is 21.8. The molecule has 0 aromatic heterocycles. The Kier molecular flexibility index (Phi) is 6.22. The number of rotatable bonds is 6. The lowest BCUT2D eigenvalue weighted by Crippen LogP contribution is -2.36. The van der Waals surface area contributed by atoms with Gasteiger partial charge < -0.3 is 16.0 Å². The van der Waals surface area contributed by atoms with Gasteiger partial charge in [-0.3, -0.25) is 14.5 Å². The van der Waals surface area contributed by atoms with Crippen molar-refractivity contribution in [2.24, 2.45) is 0 Å². The zero-order valence-corrected chi connectivity index (χ0v) is 18.2. The zero-order valence-electron chi connectivity index (χ0n) is 18.2. The molecule has 1 aliphatic heterocycles. The Bertz CT molecular complexity index is 1220. The molecule has 7 nitrogen and oxygen atoms in total. The summed E-state index contributed by atoms with van der Waals surface area (Å²) in [5.41, 5.74) is 4.99. The Morgan fingerprint density at radius 2 is 1.55 bits per heavy atom. The first-order valence-electron chi connectivity index (χ1n) is 10.5. The molecule has 4 amide bonds. The summed E-state index contributed by atoms with van der Waals surface area (Å²) < 4.78 is 0. The number of carbonyl (C=O) groups excluding carboxylic acids is 3. The second-order valence-electron chi connectivity index (χ2n) is 7.81. The number of nitrogens with zero attached hydrogens (tertiary/aromatic N) is 1. The van der Waals surface area contributed by atoms with Crippen LogP contribution in [0.4, 0.5) is 16.2 Å². The number of fused-ring (bicyclic) bond motifs is 1. The van der Waals surface area contributed by atoms with E-state index in [0.29, 0.717) is 22.6 Å². The Hall–Kier alpha value is -4.39. The summed E-state index contributed by atoms with van der Waals surface area (Å²) in [6, 6.07) is 21.5. The molecule has 0 bridgehead atoms. The topological polar surface area (TPSA) is 90.5 Å². The van der Waals surface area contributed by atoms with Gasteiger partial charge in [-0.05, 0) is 48.4 Å². The smallest absolute Gasteiger partial charge is 0.323 e. The van der Waals surface area contributed by atoms with Gasteiger partial charge in [-0.25, -0.2) is 4.79 Å². The van der Waals surface area contributed by atoms with E-state index < -0.39 is 0 Å². The van der Waals surface area contributed by atoms with Crippen LogP contribution < -0.4 is 16.0 Å². The van der Waals surface area contributed by atoms with Crippen LogP contribution in [0, 0.1) is 6.92 Å². The van der Waals surface area contributed by atoms with Gasteiger partial charge in [0.25, 0.3) is 5.91 Å². The highest BCUT2D eigenvalue weighted by Gasteiger charge is 2.31. The first-order chi connectivity index (χ1) is 15.9. The normalized spacial score (nSPS) is 12.3. The molecule has 166 valence electrons. The molecule has 0 spiro atoms. The van der Waals surface area contributed by atoms with Crippen LogP contribution in [-0.2, 0) is 11.3 Å². The molecular formula is C26H24N4O3. The van der Waals surface area contributed by atoms with E-state index in [1.807, 2.05) is 49.4 Å². The summed E-state index contributed by atoms with van der Waals surface area (Å²) in [7, 11) is 0. The molecule has 0 radical (unpaired) electrons. The fourth-order valence-electron chi connectivity index (χ4n) is 3.68. The monoisotopic (exact) mass is 440 g/mol. The van der Waals surface area contributed by atoms with E-state index in [4.69, 9.17) is 0 Å². The van der Waals surface area contributed by atoms with Crippen molar-refractivity contribution in [3.05, 3.63) is 102 Å². The molecule has 0 fully saturated rings. The fourth-order valence-corrected chi connectivity index (χ4v) is 3.68.